The number of aromatic nitrogens is 1. The Morgan fingerprint density at radius 2 is 1.91 bits per heavy atom. The molecule has 2 aliphatic carbocycles. The summed E-state index contributed by atoms with van der Waals surface area (Å²) in [7, 11) is 0. The van der Waals surface area contributed by atoms with Crippen LogP contribution >= 0.6 is 0 Å². The molecule has 1 aromatic carbocycles. The zero-order valence-electron chi connectivity index (χ0n) is 13.0. The summed E-state index contributed by atoms with van der Waals surface area (Å²) >= 11 is 0. The number of H-pyrrole nitrogens is 1. The van der Waals surface area contributed by atoms with Crippen molar-refractivity contribution in [3.63, 3.8) is 0 Å². The fourth-order valence-electron chi connectivity index (χ4n) is 4.22. The summed E-state index contributed by atoms with van der Waals surface area (Å²) in [6.45, 7) is 0.747. The minimum absolute atomic E-state index is 0. The van der Waals surface area contributed by atoms with Crippen LogP contribution in [0.15, 0.2) is 35.9 Å². The number of nitrogen functional groups attached to an aromatic ring is 1. The lowest BCUT2D eigenvalue weighted by atomic mass is 9.70. The molecule has 2 aliphatic rings. The molecule has 2 aromatic rings. The van der Waals surface area contributed by atoms with Crippen LogP contribution in [0.25, 0.3) is 10.9 Å². The average Bonchev–Trinajstić information content (AvgIpc) is 2.47. The maximum atomic E-state index is 6.53. The van der Waals surface area contributed by atoms with E-state index >= 15 is 0 Å². The van der Waals surface area contributed by atoms with E-state index in [0.29, 0.717) is 11.8 Å². The Morgan fingerprint density at radius 3 is 2.70 bits per heavy atom. The maximum Gasteiger partial charge on any atom is 0.213 e. The molecule has 1 heterocycles. The van der Waals surface area contributed by atoms with Gasteiger partial charge in [0.1, 0.15) is 0 Å². The molecule has 0 amide bonds. The quantitative estimate of drug-likeness (QED) is 0.554. The normalized spacial score (nSPS) is 21.7. The summed E-state index contributed by atoms with van der Waals surface area (Å²) in [5, 5.41) is 1.16. The van der Waals surface area contributed by atoms with Crippen LogP contribution in [-0.2, 0) is 6.42 Å². The molecule has 2 unspecified atom stereocenters. The van der Waals surface area contributed by atoms with Gasteiger partial charge in [0, 0.05) is 18.1 Å². The summed E-state index contributed by atoms with van der Waals surface area (Å²) in [6.07, 6.45) is 6.93. The molecular weight excluding hydrogens is 329 g/mol. The molecule has 5 heteroatoms. The van der Waals surface area contributed by atoms with Gasteiger partial charge in [-0.1, -0.05) is 23.8 Å². The Bertz CT molecular complexity index is 742. The van der Waals surface area contributed by atoms with Crippen LogP contribution < -0.4 is 41.3 Å². The summed E-state index contributed by atoms with van der Waals surface area (Å²) in [6, 6.07) is 8.36. The molecule has 4 rings (SSSR count). The number of nitrogens with one attached hydrogen (secondary N) is 1. The van der Waals surface area contributed by atoms with E-state index in [1.54, 1.807) is 0 Å². The van der Waals surface area contributed by atoms with E-state index in [4.69, 9.17) is 11.5 Å². The van der Waals surface area contributed by atoms with Crippen LogP contribution in [0.4, 0.5) is 5.69 Å². The minimum atomic E-state index is 0. The SMILES string of the molecule is NCCC1=CC2Cc3[nH+]c4ccccc4c(N)c3C(C1)C2.[Cl-].[Cl-]. The molecule has 0 aliphatic heterocycles. The minimum Gasteiger partial charge on any atom is -1.00 e. The molecule has 2 bridgehead atoms. The van der Waals surface area contributed by atoms with Gasteiger partial charge in [-0.05, 0) is 43.7 Å². The number of hydrogen-bond acceptors (Lipinski definition) is 2. The third-order valence-electron chi connectivity index (χ3n) is 5.03. The van der Waals surface area contributed by atoms with E-state index in [2.05, 4.69) is 35.3 Å². The number of hydrogen-bond donors (Lipinski definition) is 2. The second-order valence-electron chi connectivity index (χ2n) is 6.44. The van der Waals surface area contributed by atoms with E-state index in [-0.39, 0.29) is 24.8 Å². The highest BCUT2D eigenvalue weighted by Gasteiger charge is 2.36. The van der Waals surface area contributed by atoms with Crippen molar-refractivity contribution in [1.29, 1.82) is 0 Å². The Kier molecular flexibility index (Phi) is 5.56. The van der Waals surface area contributed by atoms with Gasteiger partial charge < -0.3 is 36.3 Å². The van der Waals surface area contributed by atoms with Gasteiger partial charge in [-0.15, -0.1) is 0 Å². The highest BCUT2D eigenvalue weighted by molar-refractivity contribution is 5.90. The second kappa shape index (κ2) is 7.08. The summed E-state index contributed by atoms with van der Waals surface area (Å²) in [5.74, 6) is 1.21. The zero-order valence-corrected chi connectivity index (χ0v) is 14.5. The standard InChI is InChI=1S/C18H21N3.2ClH/c19-6-5-11-7-12-9-13(8-11)17-16(10-12)21-15-4-2-1-3-14(15)18(17)20;;/h1-4,7,12-13H,5-6,8-10,19H2,(H2,20,21);2*1H/p-1. The number of pyridine rings is 1. The molecule has 0 saturated heterocycles. The molecule has 3 nitrogen and oxygen atoms in total. The molecule has 1 aromatic heterocycles. The van der Waals surface area contributed by atoms with E-state index in [1.807, 2.05) is 0 Å². The third kappa shape index (κ3) is 3.06. The Labute approximate surface area is 149 Å². The van der Waals surface area contributed by atoms with Crippen LogP contribution in [-0.4, -0.2) is 6.54 Å². The van der Waals surface area contributed by atoms with Gasteiger partial charge in [0.25, 0.3) is 0 Å². The fraction of sp³-hybridized carbons (Fsp3) is 0.389. The molecule has 0 radical (unpaired) electrons. The first-order valence-corrected chi connectivity index (χ1v) is 7.88. The van der Waals surface area contributed by atoms with Gasteiger partial charge in [-0.2, -0.15) is 0 Å². The van der Waals surface area contributed by atoms with Crippen molar-refractivity contribution in [2.24, 2.45) is 11.7 Å². The fourth-order valence-corrected chi connectivity index (χ4v) is 4.22. The number of benzene rings is 1. The molecule has 124 valence electrons. The maximum absolute atomic E-state index is 6.53. The number of aromatic amines is 1. The van der Waals surface area contributed by atoms with Crippen molar-refractivity contribution >= 4 is 16.6 Å². The first kappa shape index (κ1) is 18.1. The number of rotatable bonds is 2. The summed E-state index contributed by atoms with van der Waals surface area (Å²) in [5.41, 5.74) is 18.6. The van der Waals surface area contributed by atoms with E-state index in [1.165, 1.54) is 23.3 Å². The molecular formula is C18H22Cl2N3-. The number of allylic oxidation sites excluding steroid dienone is 1. The first-order chi connectivity index (χ1) is 10.3. The Hall–Kier alpha value is -1.29. The molecule has 5 N–H and O–H groups in total. The van der Waals surface area contributed by atoms with Gasteiger partial charge in [-0.25, -0.2) is 4.98 Å². The highest BCUT2D eigenvalue weighted by atomic mass is 35.5. The Balaban J connectivity index is 0.000000960. The lowest BCUT2D eigenvalue weighted by Crippen LogP contribution is -3.00. The van der Waals surface area contributed by atoms with Crippen LogP contribution in [0, 0.1) is 5.92 Å². The Morgan fingerprint density at radius 1 is 1.13 bits per heavy atom. The van der Waals surface area contributed by atoms with E-state index in [9.17, 15) is 0 Å². The van der Waals surface area contributed by atoms with Crippen molar-refractivity contribution in [3.8, 4) is 0 Å². The molecule has 2 atom stereocenters. The smallest absolute Gasteiger partial charge is 0.213 e. The molecule has 23 heavy (non-hydrogen) atoms. The van der Waals surface area contributed by atoms with E-state index < -0.39 is 0 Å². The largest absolute Gasteiger partial charge is 1.00 e. The van der Waals surface area contributed by atoms with Crippen molar-refractivity contribution in [2.75, 3.05) is 12.3 Å². The van der Waals surface area contributed by atoms with Crippen LogP contribution in [0.1, 0.15) is 36.4 Å². The predicted octanol–water partition coefficient (Wildman–Crippen LogP) is -3.43. The number of para-hydroxylation sites is 1. The average molecular weight is 351 g/mol. The number of nitrogens with two attached hydrogens (primary N) is 2. The topological polar surface area (TPSA) is 66.2 Å². The van der Waals surface area contributed by atoms with Crippen LogP contribution in [0.5, 0.6) is 0 Å². The summed E-state index contributed by atoms with van der Waals surface area (Å²) in [4.78, 5) is 3.63. The van der Waals surface area contributed by atoms with Gasteiger partial charge in [0.05, 0.1) is 11.1 Å². The monoisotopic (exact) mass is 350 g/mol. The third-order valence-corrected chi connectivity index (χ3v) is 5.03. The van der Waals surface area contributed by atoms with Crippen molar-refractivity contribution in [3.05, 3.63) is 47.2 Å². The molecule has 0 fully saturated rings. The van der Waals surface area contributed by atoms with Crippen LogP contribution in [0.3, 0.4) is 0 Å². The summed E-state index contributed by atoms with van der Waals surface area (Å²) < 4.78 is 0. The molecule has 0 saturated carbocycles. The van der Waals surface area contributed by atoms with E-state index in [0.717, 1.165) is 42.4 Å². The highest BCUT2D eigenvalue weighted by Crippen LogP contribution is 2.45. The number of anilines is 1. The van der Waals surface area contributed by atoms with Gasteiger partial charge in [-0.3, -0.25) is 0 Å². The van der Waals surface area contributed by atoms with Gasteiger partial charge >= 0.3 is 0 Å². The van der Waals surface area contributed by atoms with Crippen molar-refractivity contribution in [2.45, 2.75) is 31.6 Å². The first-order valence-electron chi connectivity index (χ1n) is 7.88. The van der Waals surface area contributed by atoms with Crippen molar-refractivity contribution in [1.82, 2.24) is 0 Å². The zero-order chi connectivity index (χ0) is 14.4. The lowest BCUT2D eigenvalue weighted by Gasteiger charge is -2.33. The predicted molar refractivity (Wildman–Crippen MR) is 85.8 cm³/mol. The number of halogens is 2. The van der Waals surface area contributed by atoms with Crippen molar-refractivity contribution < 1.29 is 29.8 Å². The lowest BCUT2D eigenvalue weighted by molar-refractivity contribution is -0.360. The van der Waals surface area contributed by atoms with Crippen LogP contribution in [0.2, 0.25) is 0 Å². The van der Waals surface area contributed by atoms with Gasteiger partial charge in [0.2, 0.25) is 5.52 Å². The number of fused-ring (bicyclic) bond motifs is 5. The van der Waals surface area contributed by atoms with Gasteiger partial charge in [0.15, 0.2) is 5.69 Å². The second-order valence-corrected chi connectivity index (χ2v) is 6.44. The molecule has 0 spiro atoms.